The number of benzene rings is 4. The van der Waals surface area contributed by atoms with E-state index in [1.165, 1.54) is 5.56 Å². The molecule has 0 bridgehead atoms. The van der Waals surface area contributed by atoms with Gasteiger partial charge in [0.15, 0.2) is 0 Å². The van der Waals surface area contributed by atoms with Crippen molar-refractivity contribution >= 4 is 39.2 Å². The first kappa shape index (κ1) is 28.2. The first-order valence-corrected chi connectivity index (χ1v) is 11.9. The highest BCUT2D eigenvalue weighted by Crippen LogP contribution is 2.23. The Morgan fingerprint density at radius 2 is 0.895 bits per heavy atom. The molecule has 4 aromatic carbocycles. The van der Waals surface area contributed by atoms with Crippen molar-refractivity contribution in [3.63, 3.8) is 0 Å². The molecule has 0 aliphatic carbocycles. The number of phenols is 3. The maximum absolute atomic E-state index is 9.42. The van der Waals surface area contributed by atoms with Crippen molar-refractivity contribution in [2.24, 2.45) is 0 Å². The predicted octanol–water partition coefficient (Wildman–Crippen LogP) is 7.18. The quantitative estimate of drug-likeness (QED) is 0.202. The van der Waals surface area contributed by atoms with Crippen LogP contribution in [0.1, 0.15) is 11.4 Å². The normalized spacial score (nSPS) is 9.95. The Balaban J connectivity index is 0.000000156. The fraction of sp³-hybridized carbons (Fsp3) is 0.0625. The van der Waals surface area contributed by atoms with E-state index in [-0.39, 0.29) is 17.4 Å². The van der Waals surface area contributed by atoms with Crippen LogP contribution in [0.2, 0.25) is 0 Å². The van der Waals surface area contributed by atoms with Gasteiger partial charge >= 0.3 is 0 Å². The summed E-state index contributed by atoms with van der Waals surface area (Å²) in [4.78, 5) is 8.55. The Hall–Kier alpha value is -4.37. The van der Waals surface area contributed by atoms with Gasteiger partial charge in [0.2, 0.25) is 0 Å². The number of hydrogen-bond donors (Lipinski definition) is 3. The lowest BCUT2D eigenvalue weighted by Gasteiger charge is -2.00. The van der Waals surface area contributed by atoms with E-state index in [0.717, 1.165) is 38.8 Å². The van der Waals surface area contributed by atoms with E-state index in [2.05, 4.69) is 9.97 Å². The molecular formula is C32H28AlN2O3. The van der Waals surface area contributed by atoms with Gasteiger partial charge in [0.1, 0.15) is 17.2 Å². The van der Waals surface area contributed by atoms with Crippen molar-refractivity contribution in [3.05, 3.63) is 127 Å². The highest BCUT2D eigenvalue weighted by molar-refractivity contribution is 5.85. The lowest BCUT2D eigenvalue weighted by Crippen LogP contribution is -1.82. The summed E-state index contributed by atoms with van der Waals surface area (Å²) in [5.41, 5.74) is 5.91. The fourth-order valence-corrected chi connectivity index (χ4v) is 3.77. The average Bonchev–Trinajstić information content (AvgIpc) is 2.90. The lowest BCUT2D eigenvalue weighted by atomic mass is 10.1. The van der Waals surface area contributed by atoms with E-state index < -0.39 is 0 Å². The number of aryl methyl sites for hydroxylation is 2. The minimum atomic E-state index is 0. The molecular weight excluding hydrogens is 487 g/mol. The molecule has 0 saturated heterocycles. The van der Waals surface area contributed by atoms with Gasteiger partial charge in [0.05, 0.1) is 11.0 Å². The van der Waals surface area contributed by atoms with Crippen molar-refractivity contribution in [2.75, 3.05) is 0 Å². The average molecular weight is 516 g/mol. The third-order valence-electron chi connectivity index (χ3n) is 5.67. The fourth-order valence-electron chi connectivity index (χ4n) is 3.77. The molecule has 187 valence electrons. The van der Waals surface area contributed by atoms with Crippen LogP contribution < -0.4 is 0 Å². The number of pyridine rings is 2. The molecule has 5 nitrogen and oxygen atoms in total. The molecule has 0 amide bonds. The minimum absolute atomic E-state index is 0. The molecule has 6 heteroatoms. The molecule has 0 spiro atoms. The zero-order chi connectivity index (χ0) is 26.2. The molecule has 6 aromatic rings. The molecule has 0 unspecified atom stereocenters. The number of rotatable bonds is 1. The Labute approximate surface area is 232 Å². The van der Waals surface area contributed by atoms with E-state index in [9.17, 15) is 10.2 Å². The van der Waals surface area contributed by atoms with Crippen molar-refractivity contribution in [2.45, 2.75) is 13.8 Å². The van der Waals surface area contributed by atoms with Crippen molar-refractivity contribution in [1.82, 2.24) is 9.97 Å². The SMILES string of the molecule is Cc1ccc2c(O)cccc2n1.Cc1ccc2c(O)cccc2n1.Oc1ccc(-c2ccccc2)cc1.[Al]. The van der Waals surface area contributed by atoms with Gasteiger partial charge in [-0.1, -0.05) is 54.6 Å². The molecule has 0 aliphatic heterocycles. The largest absolute Gasteiger partial charge is 0.508 e. The summed E-state index contributed by atoms with van der Waals surface area (Å²) in [6, 6.07) is 35.5. The van der Waals surface area contributed by atoms with Gasteiger partial charge in [-0.25, -0.2) is 0 Å². The van der Waals surface area contributed by atoms with Crippen LogP contribution in [0.4, 0.5) is 0 Å². The number of nitrogens with zero attached hydrogens (tertiary/aromatic N) is 2. The Morgan fingerprint density at radius 1 is 0.447 bits per heavy atom. The summed E-state index contributed by atoms with van der Waals surface area (Å²) >= 11 is 0. The standard InChI is InChI=1S/C12H10O.2C10H9NO.Al/c13-12-8-6-11(7-9-12)10-4-2-1-3-5-10;2*1-7-5-6-8-9(11-7)3-2-4-10(8)12;/h1-9,13H;2*2-6,12H,1H3;. The van der Waals surface area contributed by atoms with Crippen LogP contribution in [-0.2, 0) is 0 Å². The number of hydrogen-bond acceptors (Lipinski definition) is 5. The number of aromatic nitrogens is 2. The highest BCUT2D eigenvalue weighted by atomic mass is 27.0. The monoisotopic (exact) mass is 515 g/mol. The summed E-state index contributed by atoms with van der Waals surface area (Å²) in [7, 11) is 0. The van der Waals surface area contributed by atoms with E-state index in [0.29, 0.717) is 17.2 Å². The molecule has 0 saturated carbocycles. The second-order valence-corrected chi connectivity index (χ2v) is 8.51. The van der Waals surface area contributed by atoms with Crippen molar-refractivity contribution in [3.8, 4) is 28.4 Å². The van der Waals surface area contributed by atoms with Gasteiger partial charge < -0.3 is 15.3 Å². The molecule has 3 radical (unpaired) electrons. The zero-order valence-corrected chi connectivity index (χ0v) is 22.4. The molecule has 2 aromatic heterocycles. The third kappa shape index (κ3) is 7.33. The molecule has 38 heavy (non-hydrogen) atoms. The molecule has 0 fully saturated rings. The summed E-state index contributed by atoms with van der Waals surface area (Å²) in [5, 5.41) is 29.6. The summed E-state index contributed by atoms with van der Waals surface area (Å²) < 4.78 is 0. The molecule has 2 heterocycles. The third-order valence-corrected chi connectivity index (χ3v) is 5.67. The van der Waals surface area contributed by atoms with Crippen LogP contribution in [0.25, 0.3) is 32.9 Å². The van der Waals surface area contributed by atoms with Crippen LogP contribution in [0, 0.1) is 13.8 Å². The number of fused-ring (bicyclic) bond motifs is 2. The van der Waals surface area contributed by atoms with E-state index in [1.807, 2.05) is 92.7 Å². The molecule has 3 N–H and O–H groups in total. The van der Waals surface area contributed by atoms with Crippen LogP contribution in [0.5, 0.6) is 17.2 Å². The Bertz CT molecular complexity index is 1540. The van der Waals surface area contributed by atoms with Gasteiger partial charge in [-0.3, -0.25) is 9.97 Å². The minimum Gasteiger partial charge on any atom is -0.508 e. The van der Waals surface area contributed by atoms with Crippen LogP contribution in [0.3, 0.4) is 0 Å². The highest BCUT2D eigenvalue weighted by Gasteiger charge is 1.99. The van der Waals surface area contributed by atoms with Crippen LogP contribution in [0.15, 0.2) is 115 Å². The molecule has 6 rings (SSSR count). The van der Waals surface area contributed by atoms with E-state index in [1.54, 1.807) is 36.4 Å². The molecule has 0 atom stereocenters. The van der Waals surface area contributed by atoms with Crippen LogP contribution in [-0.4, -0.2) is 42.6 Å². The van der Waals surface area contributed by atoms with Gasteiger partial charge in [-0.15, -0.1) is 0 Å². The lowest BCUT2D eigenvalue weighted by molar-refractivity contribution is 0.475. The Morgan fingerprint density at radius 3 is 1.37 bits per heavy atom. The summed E-state index contributed by atoms with van der Waals surface area (Å²) in [6.07, 6.45) is 0. The number of aromatic hydroxyl groups is 3. The van der Waals surface area contributed by atoms with Gasteiger partial charge in [-0.2, -0.15) is 0 Å². The topological polar surface area (TPSA) is 86.5 Å². The van der Waals surface area contributed by atoms with E-state index in [4.69, 9.17) is 5.11 Å². The summed E-state index contributed by atoms with van der Waals surface area (Å²) in [5.74, 6) is 0.889. The first-order chi connectivity index (χ1) is 17.9. The Kier molecular flexibility index (Phi) is 9.84. The maximum Gasteiger partial charge on any atom is 0.124 e. The van der Waals surface area contributed by atoms with Crippen LogP contribution >= 0.6 is 0 Å². The number of phenolic OH excluding ortho intramolecular Hbond substituents is 3. The van der Waals surface area contributed by atoms with Gasteiger partial charge in [0.25, 0.3) is 0 Å². The molecule has 0 aliphatic rings. The zero-order valence-electron chi connectivity index (χ0n) is 21.3. The summed E-state index contributed by atoms with van der Waals surface area (Å²) in [6.45, 7) is 3.87. The van der Waals surface area contributed by atoms with Crippen molar-refractivity contribution < 1.29 is 15.3 Å². The van der Waals surface area contributed by atoms with E-state index >= 15 is 0 Å². The first-order valence-electron chi connectivity index (χ1n) is 11.9. The smallest absolute Gasteiger partial charge is 0.124 e. The predicted molar refractivity (Wildman–Crippen MR) is 156 cm³/mol. The van der Waals surface area contributed by atoms with Gasteiger partial charge in [0, 0.05) is 39.5 Å². The second-order valence-electron chi connectivity index (χ2n) is 8.51. The van der Waals surface area contributed by atoms with Gasteiger partial charge in [-0.05, 0) is 85.6 Å². The second kappa shape index (κ2) is 13.3. The van der Waals surface area contributed by atoms with Crippen molar-refractivity contribution in [1.29, 1.82) is 0 Å². The maximum atomic E-state index is 9.42.